The summed E-state index contributed by atoms with van der Waals surface area (Å²) >= 11 is 0. The van der Waals surface area contributed by atoms with Crippen LogP contribution in [0.1, 0.15) is 63.6 Å². The van der Waals surface area contributed by atoms with E-state index in [1.54, 1.807) is 18.2 Å². The molecule has 6 heteroatoms. The van der Waals surface area contributed by atoms with E-state index in [1.807, 2.05) is 25.1 Å². The van der Waals surface area contributed by atoms with Gasteiger partial charge in [-0.25, -0.2) is 9.69 Å². The van der Waals surface area contributed by atoms with Crippen molar-refractivity contribution in [2.75, 3.05) is 16.3 Å². The van der Waals surface area contributed by atoms with Crippen molar-refractivity contribution >= 4 is 35.3 Å². The molecule has 2 aliphatic heterocycles. The number of amides is 4. The second kappa shape index (κ2) is 8.50. The average Bonchev–Trinajstić information content (AvgIpc) is 2.77. The van der Waals surface area contributed by atoms with Crippen LogP contribution in [-0.2, 0) is 16.0 Å². The van der Waals surface area contributed by atoms with Crippen LogP contribution in [0.3, 0.4) is 0 Å². The molecular formula is C27H31N3O3. The van der Waals surface area contributed by atoms with E-state index in [4.69, 9.17) is 0 Å². The molecule has 2 heterocycles. The summed E-state index contributed by atoms with van der Waals surface area (Å²) in [6.07, 6.45) is 3.46. The lowest BCUT2D eigenvalue weighted by atomic mass is 9.79. The molecule has 6 nitrogen and oxygen atoms in total. The fraction of sp³-hybridized carbons (Fsp3) is 0.370. The third kappa shape index (κ3) is 4.06. The van der Waals surface area contributed by atoms with Gasteiger partial charge < -0.3 is 4.90 Å². The lowest BCUT2D eigenvalue weighted by Crippen LogP contribution is -2.54. The van der Waals surface area contributed by atoms with E-state index >= 15 is 0 Å². The number of anilines is 2. The zero-order valence-corrected chi connectivity index (χ0v) is 19.9. The van der Waals surface area contributed by atoms with Gasteiger partial charge in [0.25, 0.3) is 11.8 Å². The minimum absolute atomic E-state index is 0.0507. The van der Waals surface area contributed by atoms with Crippen LogP contribution >= 0.6 is 0 Å². The third-order valence-corrected chi connectivity index (χ3v) is 6.74. The predicted octanol–water partition coefficient (Wildman–Crippen LogP) is 5.03. The monoisotopic (exact) mass is 445 g/mol. The number of benzene rings is 2. The number of hydrogen-bond donors (Lipinski definition) is 1. The van der Waals surface area contributed by atoms with Crippen molar-refractivity contribution in [2.45, 2.75) is 58.9 Å². The van der Waals surface area contributed by atoms with E-state index in [-0.39, 0.29) is 11.1 Å². The lowest BCUT2D eigenvalue weighted by molar-refractivity contribution is -0.122. The Hall–Kier alpha value is -3.41. The highest BCUT2D eigenvalue weighted by Gasteiger charge is 2.38. The van der Waals surface area contributed by atoms with Crippen molar-refractivity contribution in [2.24, 2.45) is 0 Å². The average molecular weight is 446 g/mol. The Bertz CT molecular complexity index is 1150. The van der Waals surface area contributed by atoms with Crippen LogP contribution in [0.4, 0.5) is 16.2 Å². The number of nitrogens with one attached hydrogen (secondary N) is 1. The lowest BCUT2D eigenvalue weighted by Gasteiger charge is -2.47. The molecule has 0 bridgehead atoms. The van der Waals surface area contributed by atoms with E-state index in [2.05, 4.69) is 50.0 Å². The molecule has 0 aliphatic carbocycles. The maximum atomic E-state index is 13.2. The number of carbonyl (C=O) groups is 3. The first-order valence-corrected chi connectivity index (χ1v) is 11.6. The Morgan fingerprint density at radius 3 is 2.39 bits per heavy atom. The molecule has 1 N–H and O–H groups in total. The Labute approximate surface area is 195 Å². The highest BCUT2D eigenvalue weighted by atomic mass is 16.2. The number of hydrogen-bond acceptors (Lipinski definition) is 4. The Morgan fingerprint density at radius 2 is 1.76 bits per heavy atom. The van der Waals surface area contributed by atoms with Gasteiger partial charge in [0.15, 0.2) is 0 Å². The Balaban J connectivity index is 1.70. The van der Waals surface area contributed by atoms with Crippen molar-refractivity contribution < 1.29 is 14.4 Å². The van der Waals surface area contributed by atoms with Gasteiger partial charge in [0.2, 0.25) is 0 Å². The zero-order valence-electron chi connectivity index (χ0n) is 19.9. The number of imide groups is 2. The van der Waals surface area contributed by atoms with Crippen molar-refractivity contribution in [1.82, 2.24) is 5.32 Å². The molecule has 2 aromatic rings. The van der Waals surface area contributed by atoms with Crippen LogP contribution < -0.4 is 15.1 Å². The predicted molar refractivity (Wildman–Crippen MR) is 131 cm³/mol. The first kappa shape index (κ1) is 22.8. The van der Waals surface area contributed by atoms with Crippen molar-refractivity contribution in [3.8, 4) is 0 Å². The second-order valence-corrected chi connectivity index (χ2v) is 9.46. The Morgan fingerprint density at radius 1 is 1.06 bits per heavy atom. The maximum Gasteiger partial charge on any atom is 0.335 e. The van der Waals surface area contributed by atoms with Crippen molar-refractivity contribution in [3.05, 3.63) is 64.7 Å². The van der Waals surface area contributed by atoms with Gasteiger partial charge in [-0.05, 0) is 86.6 Å². The fourth-order valence-corrected chi connectivity index (χ4v) is 5.14. The normalized spacial score (nSPS) is 21.3. The molecule has 33 heavy (non-hydrogen) atoms. The van der Waals surface area contributed by atoms with Gasteiger partial charge >= 0.3 is 6.03 Å². The minimum Gasteiger partial charge on any atom is -0.366 e. The number of urea groups is 1. The van der Waals surface area contributed by atoms with E-state index in [9.17, 15) is 14.4 Å². The van der Waals surface area contributed by atoms with Crippen LogP contribution in [-0.4, -0.2) is 29.9 Å². The highest BCUT2D eigenvalue weighted by molar-refractivity contribution is 6.39. The molecule has 4 amide bonds. The number of carbonyl (C=O) groups excluding carboxylic acids is 3. The summed E-state index contributed by atoms with van der Waals surface area (Å²) < 4.78 is 0. The molecule has 1 fully saturated rings. The van der Waals surface area contributed by atoms with Crippen molar-refractivity contribution in [3.63, 3.8) is 0 Å². The zero-order chi connectivity index (χ0) is 23.9. The number of fused-ring (bicyclic) bond motifs is 1. The largest absolute Gasteiger partial charge is 0.366 e. The quantitative estimate of drug-likeness (QED) is 0.530. The number of aryl methyl sites for hydroxylation is 1. The maximum absolute atomic E-state index is 13.2. The summed E-state index contributed by atoms with van der Waals surface area (Å²) in [5, 5.41) is 2.31. The summed E-state index contributed by atoms with van der Waals surface area (Å²) in [6.45, 7) is 11.8. The molecule has 0 radical (unpaired) electrons. The van der Waals surface area contributed by atoms with Gasteiger partial charge in [0, 0.05) is 17.8 Å². The van der Waals surface area contributed by atoms with E-state index in [1.165, 1.54) is 11.3 Å². The molecular weight excluding hydrogens is 414 g/mol. The SMILES string of the molecule is CCc1ccc(N2C(=O)NC(=O)/C(=C\c3ccc4c(c3)[C@@H](C)CC(C)(C)N4CC)C2=O)cc1. The summed E-state index contributed by atoms with van der Waals surface area (Å²) in [5.74, 6) is -0.939. The van der Waals surface area contributed by atoms with Crippen LogP contribution in [0, 0.1) is 0 Å². The van der Waals surface area contributed by atoms with Gasteiger partial charge in [-0.15, -0.1) is 0 Å². The summed E-state index contributed by atoms with van der Waals surface area (Å²) in [4.78, 5) is 41.7. The standard InChI is InChI=1S/C27H31N3O3/c1-6-18-8-11-20(12-9-18)30-25(32)22(24(31)28-26(30)33)15-19-10-13-23-21(14-19)17(3)16-27(4,5)29(23)7-2/h8-15,17H,6-7,16H2,1-5H3,(H,28,31,33)/b22-15+/t17-/m0/s1. The molecule has 0 aromatic heterocycles. The molecule has 172 valence electrons. The third-order valence-electron chi connectivity index (χ3n) is 6.74. The first-order valence-electron chi connectivity index (χ1n) is 11.6. The molecule has 1 saturated heterocycles. The number of rotatable bonds is 4. The topological polar surface area (TPSA) is 69.7 Å². The van der Waals surface area contributed by atoms with E-state index in [0.717, 1.165) is 35.4 Å². The first-order chi connectivity index (χ1) is 15.7. The summed E-state index contributed by atoms with van der Waals surface area (Å²) in [6, 6.07) is 12.5. The van der Waals surface area contributed by atoms with Gasteiger partial charge in [-0.3, -0.25) is 14.9 Å². The fourth-order valence-electron chi connectivity index (χ4n) is 5.14. The molecule has 2 aromatic carbocycles. The van der Waals surface area contributed by atoms with E-state index in [0.29, 0.717) is 11.6 Å². The second-order valence-electron chi connectivity index (χ2n) is 9.46. The minimum atomic E-state index is -0.730. The molecule has 2 aliphatic rings. The molecule has 1 atom stereocenters. The van der Waals surface area contributed by atoms with Gasteiger partial charge in [0.05, 0.1) is 5.69 Å². The Kier molecular flexibility index (Phi) is 5.87. The molecule has 0 spiro atoms. The smallest absolute Gasteiger partial charge is 0.335 e. The van der Waals surface area contributed by atoms with Crippen LogP contribution in [0.25, 0.3) is 6.08 Å². The van der Waals surface area contributed by atoms with Crippen molar-refractivity contribution in [1.29, 1.82) is 0 Å². The summed E-state index contributed by atoms with van der Waals surface area (Å²) in [7, 11) is 0. The molecule has 0 unspecified atom stereocenters. The van der Waals surface area contributed by atoms with Crippen LogP contribution in [0.15, 0.2) is 48.0 Å². The number of nitrogens with zero attached hydrogens (tertiary/aromatic N) is 2. The van der Waals surface area contributed by atoms with Crippen LogP contribution in [0.2, 0.25) is 0 Å². The highest BCUT2D eigenvalue weighted by Crippen LogP contribution is 2.43. The van der Waals surface area contributed by atoms with Crippen LogP contribution in [0.5, 0.6) is 0 Å². The summed E-state index contributed by atoms with van der Waals surface area (Å²) in [5.41, 5.74) is 4.72. The molecule has 4 rings (SSSR count). The molecule has 0 saturated carbocycles. The van der Waals surface area contributed by atoms with Gasteiger partial charge in [-0.2, -0.15) is 0 Å². The van der Waals surface area contributed by atoms with Gasteiger partial charge in [-0.1, -0.05) is 32.0 Å². The van der Waals surface area contributed by atoms with E-state index < -0.39 is 17.8 Å². The number of barbiturate groups is 1. The van der Waals surface area contributed by atoms with Gasteiger partial charge in [0.1, 0.15) is 5.57 Å².